The van der Waals surface area contributed by atoms with Crippen LogP contribution in [0.1, 0.15) is 11.1 Å². The minimum Gasteiger partial charge on any atom is -0.225 e. The molecule has 1 aliphatic carbocycles. The van der Waals surface area contributed by atoms with E-state index in [0.29, 0.717) is 6.42 Å². The van der Waals surface area contributed by atoms with Crippen molar-refractivity contribution >= 4 is 10.0 Å². The minimum atomic E-state index is -3.60. The van der Waals surface area contributed by atoms with E-state index in [9.17, 15) is 8.42 Å². The Morgan fingerprint density at radius 2 is 2.07 bits per heavy atom. The number of hydrogen-bond donors (Lipinski definition) is 1. The zero-order chi connectivity index (χ0) is 10.2. The van der Waals surface area contributed by atoms with Crippen LogP contribution in [-0.4, -0.2) is 8.42 Å². The first-order valence-electron chi connectivity index (χ1n) is 4.23. The van der Waals surface area contributed by atoms with Gasteiger partial charge in [-0.05, 0) is 23.6 Å². The molecular weight excluding hydrogens is 198 g/mol. The number of nitrogens with two attached hydrogens (primary N) is 1. The summed E-state index contributed by atoms with van der Waals surface area (Å²) >= 11 is 0. The highest BCUT2D eigenvalue weighted by molar-refractivity contribution is 7.89. The molecule has 0 saturated carbocycles. The van der Waals surface area contributed by atoms with Crippen molar-refractivity contribution in [2.75, 3.05) is 0 Å². The van der Waals surface area contributed by atoms with Gasteiger partial charge in [-0.3, -0.25) is 0 Å². The average Bonchev–Trinajstić information content (AvgIpc) is 2.15. The van der Waals surface area contributed by atoms with E-state index in [0.717, 1.165) is 11.1 Å². The molecule has 14 heavy (non-hydrogen) atoms. The molecule has 0 bridgehead atoms. The number of sulfonamides is 1. The fourth-order valence-corrected chi connectivity index (χ4v) is 2.39. The highest BCUT2D eigenvalue weighted by atomic mass is 32.2. The van der Waals surface area contributed by atoms with Gasteiger partial charge in [-0.2, -0.15) is 0 Å². The molecule has 0 aliphatic heterocycles. The lowest BCUT2D eigenvalue weighted by molar-refractivity contribution is 0.597. The Labute approximate surface area is 83.3 Å². The fourth-order valence-electron chi connectivity index (χ4n) is 1.58. The second-order valence-corrected chi connectivity index (χ2v) is 4.70. The summed E-state index contributed by atoms with van der Waals surface area (Å²) in [7, 11) is -3.60. The molecule has 0 atom stereocenters. The van der Waals surface area contributed by atoms with E-state index < -0.39 is 10.0 Å². The molecule has 0 spiro atoms. The third kappa shape index (κ3) is 1.58. The molecule has 3 nitrogen and oxygen atoms in total. The normalized spacial score (nSPS) is 15.2. The van der Waals surface area contributed by atoms with E-state index in [1.54, 1.807) is 12.1 Å². The summed E-state index contributed by atoms with van der Waals surface area (Å²) in [6.07, 6.45) is 6.33. The SMILES string of the molecule is NS(=O)(=O)c1cccc2c1CC=C[CH]2. The molecule has 73 valence electrons. The summed E-state index contributed by atoms with van der Waals surface area (Å²) in [5.74, 6) is 0. The van der Waals surface area contributed by atoms with Crippen molar-refractivity contribution in [2.45, 2.75) is 11.3 Å². The first kappa shape index (κ1) is 9.43. The number of primary sulfonamides is 1. The first-order valence-corrected chi connectivity index (χ1v) is 5.78. The van der Waals surface area contributed by atoms with Crippen molar-refractivity contribution in [2.24, 2.45) is 5.14 Å². The van der Waals surface area contributed by atoms with Gasteiger partial charge < -0.3 is 0 Å². The Kier molecular flexibility index (Phi) is 2.17. The van der Waals surface area contributed by atoms with Gasteiger partial charge in [0.25, 0.3) is 0 Å². The summed E-state index contributed by atoms with van der Waals surface area (Å²) in [6, 6.07) is 5.13. The van der Waals surface area contributed by atoms with Crippen LogP contribution in [0.2, 0.25) is 0 Å². The van der Waals surface area contributed by atoms with Crippen molar-refractivity contribution in [3.05, 3.63) is 47.9 Å². The molecular formula is C10H10NO2S. The largest absolute Gasteiger partial charge is 0.238 e. The summed E-state index contributed by atoms with van der Waals surface area (Å²) in [6.45, 7) is 0. The number of benzene rings is 1. The summed E-state index contributed by atoms with van der Waals surface area (Å²) in [4.78, 5) is 0.232. The van der Waals surface area contributed by atoms with Gasteiger partial charge in [-0.1, -0.05) is 24.3 Å². The van der Waals surface area contributed by atoms with E-state index in [1.165, 1.54) is 0 Å². The Hall–Kier alpha value is -1.13. The maximum atomic E-state index is 11.2. The molecule has 4 heteroatoms. The van der Waals surface area contributed by atoms with Crippen LogP contribution in [0, 0.1) is 6.42 Å². The standard InChI is InChI=1S/C10H10NO2S/c11-14(12,13)10-7-3-5-8-4-1-2-6-9(8)10/h1-5,7H,6H2,(H2,11,12,13). The lowest BCUT2D eigenvalue weighted by Gasteiger charge is -2.13. The predicted octanol–water partition coefficient (Wildman–Crippen LogP) is 0.999. The van der Waals surface area contributed by atoms with Gasteiger partial charge in [-0.25, -0.2) is 13.6 Å². The molecule has 0 heterocycles. The topological polar surface area (TPSA) is 60.2 Å². The fraction of sp³-hybridized carbons (Fsp3) is 0.100. The van der Waals surface area contributed by atoms with Crippen LogP contribution in [0.5, 0.6) is 0 Å². The summed E-state index contributed by atoms with van der Waals surface area (Å²) < 4.78 is 22.5. The highest BCUT2D eigenvalue weighted by Gasteiger charge is 2.16. The van der Waals surface area contributed by atoms with Crippen molar-refractivity contribution in [1.29, 1.82) is 0 Å². The van der Waals surface area contributed by atoms with Gasteiger partial charge in [0.2, 0.25) is 10.0 Å². The molecule has 0 amide bonds. The molecule has 0 saturated heterocycles. The molecule has 1 aromatic carbocycles. The molecule has 0 fully saturated rings. The van der Waals surface area contributed by atoms with Crippen LogP contribution in [0.4, 0.5) is 0 Å². The highest BCUT2D eigenvalue weighted by Crippen LogP contribution is 2.24. The van der Waals surface area contributed by atoms with Gasteiger partial charge in [-0.15, -0.1) is 0 Å². The van der Waals surface area contributed by atoms with Gasteiger partial charge in [0, 0.05) is 6.42 Å². The Morgan fingerprint density at radius 1 is 1.29 bits per heavy atom. The van der Waals surface area contributed by atoms with E-state index in [-0.39, 0.29) is 4.90 Å². The van der Waals surface area contributed by atoms with E-state index in [1.807, 2.05) is 24.6 Å². The number of rotatable bonds is 1. The van der Waals surface area contributed by atoms with Gasteiger partial charge in [0.05, 0.1) is 4.90 Å². The van der Waals surface area contributed by atoms with Crippen molar-refractivity contribution < 1.29 is 8.42 Å². The van der Waals surface area contributed by atoms with Crippen molar-refractivity contribution in [1.82, 2.24) is 0 Å². The summed E-state index contributed by atoms with van der Waals surface area (Å²) in [5.41, 5.74) is 1.72. The number of fused-ring (bicyclic) bond motifs is 1. The number of allylic oxidation sites excluding steroid dienone is 2. The lowest BCUT2D eigenvalue weighted by Crippen LogP contribution is -2.16. The zero-order valence-electron chi connectivity index (χ0n) is 7.47. The van der Waals surface area contributed by atoms with Crippen LogP contribution in [0.3, 0.4) is 0 Å². The second-order valence-electron chi connectivity index (χ2n) is 3.17. The number of hydrogen-bond acceptors (Lipinski definition) is 2. The molecule has 2 rings (SSSR count). The van der Waals surface area contributed by atoms with Crippen molar-refractivity contribution in [3.8, 4) is 0 Å². The molecule has 1 radical (unpaired) electrons. The Balaban J connectivity index is 2.65. The van der Waals surface area contributed by atoms with Crippen LogP contribution >= 0.6 is 0 Å². The van der Waals surface area contributed by atoms with Crippen LogP contribution in [-0.2, 0) is 16.4 Å². The van der Waals surface area contributed by atoms with Crippen LogP contribution in [0.25, 0.3) is 0 Å². The molecule has 0 aromatic heterocycles. The maximum Gasteiger partial charge on any atom is 0.238 e. The quantitative estimate of drug-likeness (QED) is 0.748. The molecule has 1 aromatic rings. The third-order valence-electron chi connectivity index (χ3n) is 2.21. The van der Waals surface area contributed by atoms with Gasteiger partial charge >= 0.3 is 0 Å². The van der Waals surface area contributed by atoms with E-state index in [2.05, 4.69) is 0 Å². The monoisotopic (exact) mass is 208 g/mol. The Morgan fingerprint density at radius 3 is 2.79 bits per heavy atom. The predicted molar refractivity (Wildman–Crippen MR) is 54.1 cm³/mol. The van der Waals surface area contributed by atoms with E-state index in [4.69, 9.17) is 5.14 Å². The molecule has 1 aliphatic rings. The Bertz CT molecular complexity index is 489. The molecule has 2 N–H and O–H groups in total. The molecule has 0 unspecified atom stereocenters. The second kappa shape index (κ2) is 3.22. The maximum absolute atomic E-state index is 11.2. The smallest absolute Gasteiger partial charge is 0.225 e. The summed E-state index contributed by atoms with van der Waals surface area (Å²) in [5, 5.41) is 5.12. The van der Waals surface area contributed by atoms with Crippen molar-refractivity contribution in [3.63, 3.8) is 0 Å². The van der Waals surface area contributed by atoms with Crippen LogP contribution in [0.15, 0.2) is 35.2 Å². The minimum absolute atomic E-state index is 0.232. The third-order valence-corrected chi connectivity index (χ3v) is 3.21. The first-order chi connectivity index (χ1) is 6.59. The van der Waals surface area contributed by atoms with E-state index >= 15 is 0 Å². The average molecular weight is 208 g/mol. The zero-order valence-corrected chi connectivity index (χ0v) is 8.29. The van der Waals surface area contributed by atoms with Gasteiger partial charge in [0.1, 0.15) is 0 Å². The van der Waals surface area contributed by atoms with Crippen LogP contribution < -0.4 is 5.14 Å². The van der Waals surface area contributed by atoms with Gasteiger partial charge in [0.15, 0.2) is 0 Å². The lowest BCUT2D eigenvalue weighted by atomic mass is 9.97.